The first-order valence-corrected chi connectivity index (χ1v) is 6.90. The maximum absolute atomic E-state index is 12.4. The first-order valence-electron chi connectivity index (χ1n) is 6.90. The van der Waals surface area contributed by atoms with E-state index in [9.17, 15) is 22.8 Å². The molecule has 0 aromatic carbocycles. The van der Waals surface area contributed by atoms with Gasteiger partial charge in [0.05, 0.1) is 18.6 Å². The molecule has 8 heteroatoms. The fraction of sp³-hybridized carbons (Fsp3) is 0.846. The van der Waals surface area contributed by atoms with Crippen molar-refractivity contribution in [3.63, 3.8) is 0 Å². The number of imide groups is 1. The summed E-state index contributed by atoms with van der Waals surface area (Å²) in [6, 6.07) is -0.787. The van der Waals surface area contributed by atoms with Gasteiger partial charge in [-0.3, -0.25) is 19.4 Å². The van der Waals surface area contributed by atoms with E-state index in [1.54, 1.807) is 12.0 Å². The zero-order chi connectivity index (χ0) is 15.8. The molecule has 0 spiro atoms. The van der Waals surface area contributed by atoms with Crippen molar-refractivity contribution in [2.45, 2.75) is 38.1 Å². The van der Waals surface area contributed by atoms with Gasteiger partial charge in [0.15, 0.2) is 0 Å². The summed E-state index contributed by atoms with van der Waals surface area (Å²) < 4.78 is 42.6. The second-order valence-corrected chi connectivity index (χ2v) is 5.69. The van der Waals surface area contributed by atoms with Gasteiger partial charge in [0.25, 0.3) is 0 Å². The zero-order valence-corrected chi connectivity index (χ0v) is 12.0. The summed E-state index contributed by atoms with van der Waals surface area (Å²) in [6.07, 6.45) is -4.03. The molecule has 120 valence electrons. The van der Waals surface area contributed by atoms with Crippen LogP contribution in [0.1, 0.15) is 19.8 Å². The van der Waals surface area contributed by atoms with E-state index in [-0.39, 0.29) is 12.5 Å². The monoisotopic (exact) mass is 308 g/mol. The van der Waals surface area contributed by atoms with Crippen LogP contribution in [0.2, 0.25) is 0 Å². The number of ether oxygens (including phenoxy) is 1. The first-order chi connectivity index (χ1) is 9.73. The molecular weight excluding hydrogens is 289 g/mol. The topological polar surface area (TPSA) is 49.9 Å². The van der Waals surface area contributed by atoms with Crippen molar-refractivity contribution in [2.75, 3.05) is 26.7 Å². The van der Waals surface area contributed by atoms with Gasteiger partial charge in [-0.2, -0.15) is 13.2 Å². The van der Waals surface area contributed by atoms with Gasteiger partial charge in [-0.25, -0.2) is 0 Å². The van der Waals surface area contributed by atoms with Gasteiger partial charge in [-0.15, -0.1) is 0 Å². The van der Waals surface area contributed by atoms with Gasteiger partial charge in [0.2, 0.25) is 11.8 Å². The van der Waals surface area contributed by atoms with Crippen molar-refractivity contribution in [2.24, 2.45) is 5.92 Å². The lowest BCUT2D eigenvalue weighted by Crippen LogP contribution is -2.51. The highest BCUT2D eigenvalue weighted by molar-refractivity contribution is 6.05. The van der Waals surface area contributed by atoms with Gasteiger partial charge in [-0.05, 0) is 18.9 Å². The van der Waals surface area contributed by atoms with Crippen LogP contribution in [0.3, 0.4) is 0 Å². The third kappa shape index (κ3) is 3.55. The van der Waals surface area contributed by atoms with Crippen LogP contribution in [0, 0.1) is 5.92 Å². The van der Waals surface area contributed by atoms with E-state index in [0.29, 0.717) is 23.9 Å². The number of nitrogens with zero attached hydrogens (tertiary/aromatic N) is 2. The number of carbonyl (C=O) groups excluding carboxylic acids is 2. The SMILES string of the molecule is CO[C@@H]1CN([C@@H]2CC(=O)N(CC(F)(F)F)C2=O)CC[C@H]1C. The minimum atomic E-state index is -4.56. The predicted octanol–water partition coefficient (Wildman–Crippen LogP) is 1.03. The lowest BCUT2D eigenvalue weighted by Gasteiger charge is -2.38. The molecular formula is C13H19F3N2O3. The Morgan fingerprint density at radius 3 is 2.57 bits per heavy atom. The van der Waals surface area contributed by atoms with E-state index in [1.165, 1.54) is 0 Å². The summed E-state index contributed by atoms with van der Waals surface area (Å²) >= 11 is 0. The standard InChI is InChI=1S/C13H19F3N2O3/c1-8-3-4-17(6-10(8)21-2)9-5-11(19)18(12(9)20)7-13(14,15)16/h8-10H,3-7H2,1-2H3/t8-,9-,10-/m1/s1. The van der Waals surface area contributed by atoms with Crippen molar-refractivity contribution in [3.8, 4) is 0 Å². The van der Waals surface area contributed by atoms with Crippen LogP contribution in [-0.2, 0) is 14.3 Å². The minimum absolute atomic E-state index is 0.0710. The third-order valence-electron chi connectivity index (χ3n) is 4.22. The zero-order valence-electron chi connectivity index (χ0n) is 12.0. The lowest BCUT2D eigenvalue weighted by molar-refractivity contribution is -0.166. The number of carbonyl (C=O) groups is 2. The summed E-state index contributed by atoms with van der Waals surface area (Å²) in [4.78, 5) is 25.9. The maximum atomic E-state index is 12.4. The van der Waals surface area contributed by atoms with E-state index >= 15 is 0 Å². The highest BCUT2D eigenvalue weighted by atomic mass is 19.4. The number of piperidine rings is 1. The van der Waals surface area contributed by atoms with E-state index in [1.807, 2.05) is 6.92 Å². The maximum Gasteiger partial charge on any atom is 0.406 e. The second kappa shape index (κ2) is 5.92. The molecule has 2 amide bonds. The number of rotatable bonds is 3. The number of hydrogen-bond acceptors (Lipinski definition) is 4. The lowest BCUT2D eigenvalue weighted by atomic mass is 9.94. The molecule has 0 saturated carbocycles. The van der Waals surface area contributed by atoms with Crippen LogP contribution >= 0.6 is 0 Å². The van der Waals surface area contributed by atoms with Crippen LogP contribution < -0.4 is 0 Å². The summed E-state index contributed by atoms with van der Waals surface area (Å²) in [5.74, 6) is -1.18. The largest absolute Gasteiger partial charge is 0.406 e. The molecule has 0 radical (unpaired) electrons. The molecule has 2 saturated heterocycles. The van der Waals surface area contributed by atoms with Crippen LogP contribution in [0.4, 0.5) is 13.2 Å². The smallest absolute Gasteiger partial charge is 0.380 e. The quantitative estimate of drug-likeness (QED) is 0.731. The molecule has 2 rings (SSSR count). The first kappa shape index (κ1) is 16.2. The van der Waals surface area contributed by atoms with Crippen molar-refractivity contribution in [1.82, 2.24) is 9.80 Å². The number of likely N-dealkylation sites (tertiary alicyclic amines) is 2. The summed E-state index contributed by atoms with van der Waals surface area (Å²) in [5, 5.41) is 0. The van der Waals surface area contributed by atoms with E-state index < -0.39 is 30.6 Å². The summed E-state index contributed by atoms with van der Waals surface area (Å²) in [5.41, 5.74) is 0. The van der Waals surface area contributed by atoms with Crippen molar-refractivity contribution >= 4 is 11.8 Å². The molecule has 0 unspecified atom stereocenters. The van der Waals surface area contributed by atoms with Crippen molar-refractivity contribution in [1.29, 1.82) is 0 Å². The van der Waals surface area contributed by atoms with Crippen LogP contribution in [0.25, 0.3) is 0 Å². The fourth-order valence-electron chi connectivity index (χ4n) is 2.94. The molecule has 2 aliphatic heterocycles. The van der Waals surface area contributed by atoms with Gasteiger partial charge >= 0.3 is 6.18 Å². The molecule has 5 nitrogen and oxygen atoms in total. The third-order valence-corrected chi connectivity index (χ3v) is 4.22. The van der Waals surface area contributed by atoms with E-state index in [4.69, 9.17) is 4.74 Å². The highest BCUT2D eigenvalue weighted by Gasteiger charge is 2.47. The molecule has 0 aromatic rings. The van der Waals surface area contributed by atoms with E-state index in [0.717, 1.165) is 6.42 Å². The Labute approximate surface area is 121 Å². The highest BCUT2D eigenvalue weighted by Crippen LogP contribution is 2.28. The van der Waals surface area contributed by atoms with E-state index in [2.05, 4.69) is 0 Å². The fourth-order valence-corrected chi connectivity index (χ4v) is 2.94. The molecule has 0 N–H and O–H groups in total. The molecule has 2 heterocycles. The van der Waals surface area contributed by atoms with Crippen LogP contribution in [-0.4, -0.2) is 66.7 Å². The van der Waals surface area contributed by atoms with Gasteiger partial charge in [-0.1, -0.05) is 6.92 Å². The Morgan fingerprint density at radius 1 is 1.33 bits per heavy atom. The predicted molar refractivity (Wildman–Crippen MR) is 67.3 cm³/mol. The Kier molecular flexibility index (Phi) is 4.57. The second-order valence-electron chi connectivity index (χ2n) is 5.69. The van der Waals surface area contributed by atoms with Gasteiger partial charge in [0.1, 0.15) is 6.54 Å². The van der Waals surface area contributed by atoms with Gasteiger partial charge < -0.3 is 4.74 Å². The number of methoxy groups -OCH3 is 1. The van der Waals surface area contributed by atoms with Crippen molar-refractivity contribution < 1.29 is 27.5 Å². The number of halogens is 3. The number of amides is 2. The Bertz CT molecular complexity index is 427. The molecule has 0 aromatic heterocycles. The molecule has 0 bridgehead atoms. The van der Waals surface area contributed by atoms with Crippen LogP contribution in [0.15, 0.2) is 0 Å². The average Bonchev–Trinajstić information content (AvgIpc) is 2.66. The number of alkyl halides is 3. The molecule has 2 fully saturated rings. The molecule has 2 aliphatic rings. The van der Waals surface area contributed by atoms with Crippen molar-refractivity contribution in [3.05, 3.63) is 0 Å². The minimum Gasteiger partial charge on any atom is -0.380 e. The Hall–Kier alpha value is -1.15. The molecule has 21 heavy (non-hydrogen) atoms. The summed E-state index contributed by atoms with van der Waals surface area (Å²) in [7, 11) is 1.57. The Balaban J connectivity index is 2.05. The number of hydrogen-bond donors (Lipinski definition) is 0. The Morgan fingerprint density at radius 2 is 2.00 bits per heavy atom. The average molecular weight is 308 g/mol. The normalized spacial score (nSPS) is 32.0. The molecule has 3 atom stereocenters. The van der Waals surface area contributed by atoms with Gasteiger partial charge in [0, 0.05) is 13.7 Å². The van der Waals surface area contributed by atoms with Crippen LogP contribution in [0.5, 0.6) is 0 Å². The molecule has 0 aliphatic carbocycles. The summed E-state index contributed by atoms with van der Waals surface area (Å²) in [6.45, 7) is 1.58.